The number of hydrogen-bond acceptors (Lipinski definition) is 3. The second-order valence-corrected chi connectivity index (χ2v) is 15.7. The average molecular weight is 532 g/mol. The molecule has 5 rings (SSSR count). The molecule has 39 heavy (non-hydrogen) atoms. The summed E-state index contributed by atoms with van der Waals surface area (Å²) in [6, 6.07) is 4.02. The van der Waals surface area contributed by atoms with E-state index in [0.717, 1.165) is 43.2 Å². The van der Waals surface area contributed by atoms with Crippen molar-refractivity contribution in [2.24, 2.45) is 45.3 Å². The molecule has 1 aromatic heterocycles. The van der Waals surface area contributed by atoms with Gasteiger partial charge in [-0.2, -0.15) is 0 Å². The Kier molecular flexibility index (Phi) is 7.14. The van der Waals surface area contributed by atoms with E-state index in [4.69, 9.17) is 0 Å². The lowest BCUT2D eigenvalue weighted by Gasteiger charge is -2.69. The average Bonchev–Trinajstić information content (AvgIpc) is 3.22. The quantitative estimate of drug-likeness (QED) is 0.305. The number of nitrogens with zero attached hydrogens (tertiary/aromatic N) is 1. The number of aromatic nitrogens is 1. The smallest absolute Gasteiger partial charge is 0.164 e. The van der Waals surface area contributed by atoms with Gasteiger partial charge in [-0.15, -0.1) is 0 Å². The lowest BCUT2D eigenvalue weighted by atomic mass is 9.35. The van der Waals surface area contributed by atoms with E-state index in [1.165, 1.54) is 31.3 Å². The molecule has 0 saturated heterocycles. The Hall–Kier alpha value is -1.74. The van der Waals surface area contributed by atoms with Crippen molar-refractivity contribution in [2.45, 2.75) is 119 Å². The minimum Gasteiger partial charge on any atom is -0.390 e. The fourth-order valence-electron chi connectivity index (χ4n) is 11.0. The third kappa shape index (κ3) is 4.41. The molecule has 3 heteroatoms. The summed E-state index contributed by atoms with van der Waals surface area (Å²) >= 11 is 0. The number of aliphatic hydroxyl groups is 1. The predicted octanol–water partition coefficient (Wildman–Crippen LogP) is 8.83. The van der Waals surface area contributed by atoms with Crippen molar-refractivity contribution in [3.8, 4) is 0 Å². The van der Waals surface area contributed by atoms with Gasteiger partial charge >= 0.3 is 0 Å². The Bertz CT molecular complexity index is 1160. The van der Waals surface area contributed by atoms with E-state index >= 15 is 0 Å². The number of ketones is 1. The standard InChI is InChI=1S/C36H53NO2/c1-24(2)11-9-17-36(8,39)28-15-18-34(6)27(28)13-14-30-33(5)22-26(21-25-12-10-20-37-23-25)31(38)32(3,4)29(33)16-19-35(30,34)7/h10-12,20-21,23,27-30,39H,9,13-19,22H2,1-8H3/b26-21-/t27-,28+,29+,30-,33+,34-,35-,36+/m1/s1. The van der Waals surface area contributed by atoms with Crippen LogP contribution in [0.4, 0.5) is 0 Å². The van der Waals surface area contributed by atoms with Crippen LogP contribution in [0.5, 0.6) is 0 Å². The van der Waals surface area contributed by atoms with Crippen molar-refractivity contribution < 1.29 is 9.90 Å². The van der Waals surface area contributed by atoms with Crippen LogP contribution < -0.4 is 0 Å². The summed E-state index contributed by atoms with van der Waals surface area (Å²) in [6.07, 6.45) is 17.9. The fraction of sp³-hybridized carbons (Fsp3) is 0.722. The second kappa shape index (κ2) is 9.68. The van der Waals surface area contributed by atoms with Crippen LogP contribution in [0.25, 0.3) is 6.08 Å². The maximum atomic E-state index is 13.9. The van der Waals surface area contributed by atoms with Gasteiger partial charge in [0, 0.05) is 17.8 Å². The van der Waals surface area contributed by atoms with Crippen molar-refractivity contribution in [3.05, 3.63) is 47.3 Å². The van der Waals surface area contributed by atoms with Gasteiger partial charge in [0.15, 0.2) is 5.78 Å². The number of allylic oxidation sites excluding steroid dienone is 3. The van der Waals surface area contributed by atoms with Gasteiger partial charge in [-0.25, -0.2) is 0 Å². The summed E-state index contributed by atoms with van der Waals surface area (Å²) in [5.41, 5.74) is 2.94. The van der Waals surface area contributed by atoms with Crippen molar-refractivity contribution >= 4 is 11.9 Å². The molecule has 4 aliphatic rings. The molecule has 3 nitrogen and oxygen atoms in total. The first-order valence-corrected chi connectivity index (χ1v) is 15.7. The van der Waals surface area contributed by atoms with Gasteiger partial charge < -0.3 is 5.11 Å². The summed E-state index contributed by atoms with van der Waals surface area (Å²) in [6.45, 7) is 18.6. The Labute approximate surface area is 238 Å². The largest absolute Gasteiger partial charge is 0.390 e. The zero-order valence-corrected chi connectivity index (χ0v) is 25.9. The molecule has 4 fully saturated rings. The highest BCUT2D eigenvalue weighted by atomic mass is 16.3. The normalized spacial score (nSPS) is 41.8. The van der Waals surface area contributed by atoms with Gasteiger partial charge in [-0.1, -0.05) is 52.3 Å². The van der Waals surface area contributed by atoms with Crippen LogP contribution in [0.3, 0.4) is 0 Å². The van der Waals surface area contributed by atoms with E-state index < -0.39 is 5.60 Å². The van der Waals surface area contributed by atoms with Crippen LogP contribution in [0.1, 0.15) is 119 Å². The van der Waals surface area contributed by atoms with Gasteiger partial charge in [-0.05, 0) is 142 Å². The molecule has 0 unspecified atom stereocenters. The highest BCUT2D eigenvalue weighted by Gasteiger charge is 2.69. The molecule has 0 radical (unpaired) electrons. The summed E-state index contributed by atoms with van der Waals surface area (Å²) in [7, 11) is 0. The summed E-state index contributed by atoms with van der Waals surface area (Å²) < 4.78 is 0. The summed E-state index contributed by atoms with van der Waals surface area (Å²) in [4.78, 5) is 18.2. The van der Waals surface area contributed by atoms with Crippen LogP contribution >= 0.6 is 0 Å². The summed E-state index contributed by atoms with van der Waals surface area (Å²) in [5, 5.41) is 11.8. The Morgan fingerprint density at radius 1 is 1.05 bits per heavy atom. The zero-order valence-electron chi connectivity index (χ0n) is 25.9. The van der Waals surface area contributed by atoms with Gasteiger partial charge in [0.2, 0.25) is 0 Å². The van der Waals surface area contributed by atoms with E-state index in [2.05, 4.69) is 78.6 Å². The van der Waals surface area contributed by atoms with Gasteiger partial charge in [-0.3, -0.25) is 9.78 Å². The first-order chi connectivity index (χ1) is 18.2. The molecule has 0 bridgehead atoms. The number of carbonyl (C=O) groups is 1. The van der Waals surface area contributed by atoms with E-state index in [0.29, 0.717) is 29.5 Å². The van der Waals surface area contributed by atoms with Crippen LogP contribution in [-0.4, -0.2) is 21.5 Å². The molecule has 4 saturated carbocycles. The van der Waals surface area contributed by atoms with Gasteiger partial charge in [0.1, 0.15) is 0 Å². The zero-order chi connectivity index (χ0) is 28.4. The molecule has 8 atom stereocenters. The Balaban J connectivity index is 1.48. The first-order valence-electron chi connectivity index (χ1n) is 15.7. The highest BCUT2D eigenvalue weighted by Crippen LogP contribution is 2.75. The third-order valence-corrected chi connectivity index (χ3v) is 13.0. The monoisotopic (exact) mass is 531 g/mol. The van der Waals surface area contributed by atoms with Crippen molar-refractivity contribution in [1.82, 2.24) is 4.98 Å². The van der Waals surface area contributed by atoms with E-state index in [9.17, 15) is 9.90 Å². The van der Waals surface area contributed by atoms with Crippen LogP contribution in [-0.2, 0) is 4.79 Å². The molecular weight excluding hydrogens is 478 g/mol. The number of hydrogen-bond donors (Lipinski definition) is 1. The molecular formula is C36H53NO2. The van der Waals surface area contributed by atoms with Gasteiger partial charge in [0.05, 0.1) is 5.60 Å². The van der Waals surface area contributed by atoms with Crippen LogP contribution in [0.15, 0.2) is 41.7 Å². The van der Waals surface area contributed by atoms with Crippen LogP contribution in [0.2, 0.25) is 0 Å². The Morgan fingerprint density at radius 2 is 1.77 bits per heavy atom. The number of carbonyl (C=O) groups excluding carboxylic acids is 1. The maximum absolute atomic E-state index is 13.9. The fourth-order valence-corrected chi connectivity index (χ4v) is 11.0. The molecule has 4 aliphatic carbocycles. The number of rotatable bonds is 5. The van der Waals surface area contributed by atoms with E-state index in [-0.39, 0.29) is 21.7 Å². The molecule has 0 aromatic carbocycles. The molecule has 0 amide bonds. The lowest BCUT2D eigenvalue weighted by molar-refractivity contribution is -0.201. The van der Waals surface area contributed by atoms with Crippen LogP contribution in [0, 0.1) is 45.3 Å². The van der Waals surface area contributed by atoms with Crippen molar-refractivity contribution in [1.29, 1.82) is 0 Å². The predicted molar refractivity (Wildman–Crippen MR) is 161 cm³/mol. The molecule has 0 spiro atoms. The van der Waals surface area contributed by atoms with E-state index in [1.54, 1.807) is 6.20 Å². The molecule has 1 N–H and O–H groups in total. The lowest BCUT2D eigenvalue weighted by Crippen LogP contribution is -2.64. The topological polar surface area (TPSA) is 50.2 Å². The van der Waals surface area contributed by atoms with Crippen molar-refractivity contribution in [3.63, 3.8) is 0 Å². The Morgan fingerprint density at radius 3 is 2.44 bits per heavy atom. The van der Waals surface area contributed by atoms with Crippen molar-refractivity contribution in [2.75, 3.05) is 0 Å². The third-order valence-electron chi connectivity index (χ3n) is 13.0. The molecule has 214 valence electrons. The molecule has 1 aromatic rings. The number of Topliss-reactive ketones (excluding diaryl/α,β-unsaturated/α-hetero) is 1. The van der Waals surface area contributed by atoms with Gasteiger partial charge in [0.25, 0.3) is 0 Å². The minimum absolute atomic E-state index is 0.0937. The molecule has 0 aliphatic heterocycles. The second-order valence-electron chi connectivity index (χ2n) is 15.7. The SMILES string of the molecule is CC(C)=CCC[C@](C)(O)[C@H]1CC[C@]2(C)[C@@H]1CC[C@@H]1[C@@]3(C)C/C(=C/c4cccnc4)C(=O)C(C)(C)[C@@H]3CC[C@]12C. The maximum Gasteiger partial charge on any atom is 0.164 e. The first kappa shape index (κ1) is 28.8. The minimum atomic E-state index is -0.614. The summed E-state index contributed by atoms with van der Waals surface area (Å²) in [5.74, 6) is 2.28. The van der Waals surface area contributed by atoms with E-state index in [1.807, 2.05) is 12.3 Å². The highest BCUT2D eigenvalue weighted by molar-refractivity contribution is 6.04. The molecule has 1 heterocycles. The number of fused-ring (bicyclic) bond motifs is 5. The number of pyridine rings is 1.